The van der Waals surface area contributed by atoms with Crippen LogP contribution in [0.5, 0.6) is 0 Å². The lowest BCUT2D eigenvalue weighted by molar-refractivity contribution is -0.137. The molecule has 0 aliphatic rings. The largest absolute Gasteiger partial charge is 0.416 e. The van der Waals surface area contributed by atoms with Crippen LogP contribution in [0.15, 0.2) is 60.8 Å². The maximum absolute atomic E-state index is 12.9. The minimum Gasteiger partial charge on any atom is -0.305 e. The van der Waals surface area contributed by atoms with Gasteiger partial charge in [0.15, 0.2) is 5.82 Å². The molecule has 8 heteroatoms. The Balaban J connectivity index is 1.69. The maximum Gasteiger partial charge on any atom is 0.416 e. The summed E-state index contributed by atoms with van der Waals surface area (Å²) in [5.74, 6) is -0.832. The van der Waals surface area contributed by atoms with Crippen LogP contribution in [0.3, 0.4) is 0 Å². The summed E-state index contributed by atoms with van der Waals surface area (Å²) < 4.78 is 52.6. The Hall–Kier alpha value is -3.16. The zero-order chi connectivity index (χ0) is 18.7. The number of hydrogen-bond donors (Lipinski definition) is 1. The van der Waals surface area contributed by atoms with Crippen molar-refractivity contribution in [1.82, 2.24) is 9.78 Å². The highest BCUT2D eigenvalue weighted by Gasteiger charge is 2.30. The fraction of sp³-hybridized carbons (Fsp3) is 0.111. The van der Waals surface area contributed by atoms with Crippen LogP contribution in [0.4, 0.5) is 23.4 Å². The van der Waals surface area contributed by atoms with E-state index in [2.05, 4.69) is 10.4 Å². The Morgan fingerprint density at radius 2 is 1.81 bits per heavy atom. The molecule has 1 heterocycles. The molecule has 0 saturated heterocycles. The van der Waals surface area contributed by atoms with E-state index < -0.39 is 17.6 Å². The molecule has 0 spiro atoms. The predicted octanol–water partition coefficient (Wildman–Crippen LogP) is 4.34. The van der Waals surface area contributed by atoms with Gasteiger partial charge >= 0.3 is 6.18 Å². The minimum atomic E-state index is -4.52. The summed E-state index contributed by atoms with van der Waals surface area (Å²) >= 11 is 0. The number of benzene rings is 2. The predicted molar refractivity (Wildman–Crippen MR) is 87.1 cm³/mol. The average Bonchev–Trinajstić information content (AvgIpc) is 3.03. The molecule has 0 fully saturated rings. The molecule has 0 bridgehead atoms. The van der Waals surface area contributed by atoms with E-state index in [1.54, 1.807) is 18.3 Å². The summed E-state index contributed by atoms with van der Waals surface area (Å²) in [7, 11) is 0. The third-order valence-corrected chi connectivity index (χ3v) is 3.59. The second-order valence-electron chi connectivity index (χ2n) is 5.56. The van der Waals surface area contributed by atoms with Crippen LogP contribution < -0.4 is 5.32 Å². The van der Waals surface area contributed by atoms with Gasteiger partial charge in [0, 0.05) is 17.8 Å². The molecule has 4 nitrogen and oxygen atoms in total. The van der Waals surface area contributed by atoms with Crippen LogP contribution in [0.2, 0.25) is 0 Å². The van der Waals surface area contributed by atoms with Gasteiger partial charge in [0.25, 0.3) is 5.91 Å². The van der Waals surface area contributed by atoms with Gasteiger partial charge in [0.1, 0.15) is 5.82 Å². The van der Waals surface area contributed by atoms with Crippen molar-refractivity contribution in [3.05, 3.63) is 83.3 Å². The van der Waals surface area contributed by atoms with Crippen molar-refractivity contribution in [3.8, 4) is 0 Å². The summed E-state index contributed by atoms with van der Waals surface area (Å²) in [5.41, 5.74) is -0.204. The molecular formula is C18H13F4N3O. The quantitative estimate of drug-likeness (QED) is 0.701. The SMILES string of the molecule is O=C(Nc1ccn(Cc2ccc(F)cc2)n1)c1cccc(C(F)(F)F)c1. The van der Waals surface area contributed by atoms with E-state index in [1.165, 1.54) is 35.0 Å². The van der Waals surface area contributed by atoms with Gasteiger partial charge in [0.05, 0.1) is 12.1 Å². The summed E-state index contributed by atoms with van der Waals surface area (Å²) in [6.45, 7) is 0.361. The zero-order valence-corrected chi connectivity index (χ0v) is 13.3. The van der Waals surface area contributed by atoms with Crippen LogP contribution in [-0.4, -0.2) is 15.7 Å². The summed E-state index contributed by atoms with van der Waals surface area (Å²) in [5, 5.41) is 6.59. The van der Waals surface area contributed by atoms with Crippen molar-refractivity contribution in [2.24, 2.45) is 0 Å². The van der Waals surface area contributed by atoms with Gasteiger partial charge in [-0.15, -0.1) is 0 Å². The van der Waals surface area contributed by atoms with E-state index in [-0.39, 0.29) is 17.2 Å². The third-order valence-electron chi connectivity index (χ3n) is 3.59. The van der Waals surface area contributed by atoms with Gasteiger partial charge in [-0.05, 0) is 35.9 Å². The molecule has 0 saturated carbocycles. The van der Waals surface area contributed by atoms with Gasteiger partial charge in [-0.1, -0.05) is 18.2 Å². The van der Waals surface area contributed by atoms with Crippen molar-refractivity contribution in [3.63, 3.8) is 0 Å². The standard InChI is InChI=1S/C18H13F4N3O/c19-15-6-4-12(5-7-15)11-25-9-8-16(24-25)23-17(26)13-2-1-3-14(10-13)18(20,21)22/h1-10H,11H2,(H,23,24,26). The number of nitrogens with zero attached hydrogens (tertiary/aromatic N) is 2. The molecule has 3 aromatic rings. The Labute approximate surface area is 146 Å². The van der Waals surface area contributed by atoms with Crippen molar-refractivity contribution < 1.29 is 22.4 Å². The Kier molecular flexibility index (Phi) is 4.75. The molecule has 1 N–H and O–H groups in total. The van der Waals surface area contributed by atoms with Crippen LogP contribution >= 0.6 is 0 Å². The van der Waals surface area contributed by atoms with Crippen molar-refractivity contribution >= 4 is 11.7 Å². The van der Waals surface area contributed by atoms with Gasteiger partial charge in [-0.3, -0.25) is 9.48 Å². The van der Waals surface area contributed by atoms with E-state index in [0.717, 1.165) is 17.7 Å². The number of hydrogen-bond acceptors (Lipinski definition) is 2. The first kappa shape index (κ1) is 17.7. The second kappa shape index (κ2) is 6.99. The maximum atomic E-state index is 12.9. The van der Waals surface area contributed by atoms with Gasteiger partial charge in [-0.2, -0.15) is 18.3 Å². The van der Waals surface area contributed by atoms with E-state index >= 15 is 0 Å². The number of rotatable bonds is 4. The highest BCUT2D eigenvalue weighted by atomic mass is 19.4. The van der Waals surface area contributed by atoms with Gasteiger partial charge in [-0.25, -0.2) is 4.39 Å². The number of halogens is 4. The van der Waals surface area contributed by atoms with Crippen molar-refractivity contribution in [2.45, 2.75) is 12.7 Å². The number of carbonyl (C=O) groups excluding carboxylic acids is 1. The molecule has 2 aromatic carbocycles. The van der Waals surface area contributed by atoms with Crippen LogP contribution in [0.25, 0.3) is 0 Å². The first-order valence-corrected chi connectivity index (χ1v) is 7.58. The summed E-state index contributed by atoms with van der Waals surface area (Å²) in [6.07, 6.45) is -2.92. The summed E-state index contributed by atoms with van der Waals surface area (Å²) in [6, 6.07) is 11.5. The number of alkyl halides is 3. The van der Waals surface area contributed by atoms with E-state index in [1.807, 2.05) is 0 Å². The number of carbonyl (C=O) groups is 1. The van der Waals surface area contributed by atoms with E-state index in [9.17, 15) is 22.4 Å². The fourth-order valence-corrected chi connectivity index (χ4v) is 2.32. The Morgan fingerprint density at radius 3 is 2.50 bits per heavy atom. The monoisotopic (exact) mass is 363 g/mol. The van der Waals surface area contributed by atoms with Crippen LogP contribution in [-0.2, 0) is 12.7 Å². The van der Waals surface area contributed by atoms with Crippen molar-refractivity contribution in [1.29, 1.82) is 0 Å². The Morgan fingerprint density at radius 1 is 1.08 bits per heavy atom. The van der Waals surface area contributed by atoms with Gasteiger partial charge in [0.2, 0.25) is 0 Å². The molecule has 0 atom stereocenters. The summed E-state index contributed by atoms with van der Waals surface area (Å²) in [4.78, 5) is 12.1. The smallest absolute Gasteiger partial charge is 0.305 e. The van der Waals surface area contributed by atoms with Gasteiger partial charge < -0.3 is 5.32 Å². The number of nitrogens with one attached hydrogen (secondary N) is 1. The third kappa shape index (κ3) is 4.27. The van der Waals surface area contributed by atoms with Crippen LogP contribution in [0, 0.1) is 5.82 Å². The molecule has 0 aliphatic carbocycles. The first-order valence-electron chi connectivity index (χ1n) is 7.58. The molecule has 26 heavy (non-hydrogen) atoms. The molecule has 0 unspecified atom stereocenters. The van der Waals surface area contributed by atoms with E-state index in [4.69, 9.17) is 0 Å². The minimum absolute atomic E-state index is 0.118. The highest BCUT2D eigenvalue weighted by Crippen LogP contribution is 2.29. The second-order valence-corrected chi connectivity index (χ2v) is 5.56. The fourth-order valence-electron chi connectivity index (χ4n) is 2.32. The molecule has 0 aliphatic heterocycles. The highest BCUT2D eigenvalue weighted by molar-refractivity contribution is 6.03. The lowest BCUT2D eigenvalue weighted by Gasteiger charge is -2.08. The molecular weight excluding hydrogens is 350 g/mol. The first-order chi connectivity index (χ1) is 12.3. The normalized spacial score (nSPS) is 11.4. The topological polar surface area (TPSA) is 46.9 Å². The lowest BCUT2D eigenvalue weighted by atomic mass is 10.1. The molecule has 134 valence electrons. The number of amides is 1. The van der Waals surface area contributed by atoms with Crippen molar-refractivity contribution in [2.75, 3.05) is 5.32 Å². The average molecular weight is 363 g/mol. The molecule has 1 amide bonds. The van der Waals surface area contributed by atoms with E-state index in [0.29, 0.717) is 6.54 Å². The molecule has 3 rings (SSSR count). The van der Waals surface area contributed by atoms with Crippen LogP contribution in [0.1, 0.15) is 21.5 Å². The number of anilines is 1. The lowest BCUT2D eigenvalue weighted by Crippen LogP contribution is -2.14. The molecule has 0 radical (unpaired) electrons. The number of aromatic nitrogens is 2. The zero-order valence-electron chi connectivity index (χ0n) is 13.3. The molecule has 1 aromatic heterocycles. The Bertz CT molecular complexity index is 917.